The molecule has 1 N–H and O–H groups in total. The van der Waals surface area contributed by atoms with Gasteiger partial charge in [0.2, 0.25) is 0 Å². The Morgan fingerprint density at radius 3 is 2.44 bits per heavy atom. The van der Waals surface area contributed by atoms with Crippen molar-refractivity contribution in [2.75, 3.05) is 0 Å². The van der Waals surface area contributed by atoms with Gasteiger partial charge in [0.25, 0.3) is 5.91 Å². The van der Waals surface area contributed by atoms with Crippen molar-refractivity contribution in [1.29, 1.82) is 0 Å². The predicted octanol–water partition coefficient (Wildman–Crippen LogP) is 3.23. The zero-order valence-corrected chi connectivity index (χ0v) is 10.7. The molecule has 18 heavy (non-hydrogen) atoms. The fourth-order valence-electron chi connectivity index (χ4n) is 1.87. The Hall–Kier alpha value is -2.09. The van der Waals surface area contributed by atoms with Gasteiger partial charge in [0.1, 0.15) is 0 Å². The first-order valence-corrected chi connectivity index (χ1v) is 6.07. The van der Waals surface area contributed by atoms with Crippen LogP contribution in [0.1, 0.15) is 27.0 Å². The number of carbonyl (C=O) groups excluding carboxylic acids is 1. The van der Waals surface area contributed by atoms with Crippen molar-refractivity contribution in [3.63, 3.8) is 0 Å². The van der Waals surface area contributed by atoms with Gasteiger partial charge in [-0.3, -0.25) is 4.79 Å². The van der Waals surface area contributed by atoms with E-state index in [1.807, 2.05) is 62.4 Å². The molecule has 0 aliphatic rings. The Labute approximate surface area is 108 Å². The lowest BCUT2D eigenvalue weighted by molar-refractivity contribution is 0.0950. The minimum absolute atomic E-state index is 0.0138. The first-order valence-electron chi connectivity index (χ1n) is 6.07. The van der Waals surface area contributed by atoms with Crippen molar-refractivity contribution >= 4 is 5.91 Å². The Balaban J connectivity index is 2.07. The molecule has 0 spiro atoms. The number of nitrogens with one attached hydrogen (secondary N) is 1. The minimum atomic E-state index is -0.0138. The van der Waals surface area contributed by atoms with Gasteiger partial charge in [0.15, 0.2) is 0 Å². The van der Waals surface area contributed by atoms with Gasteiger partial charge in [0.05, 0.1) is 0 Å². The summed E-state index contributed by atoms with van der Waals surface area (Å²) >= 11 is 0. The molecule has 2 aromatic carbocycles. The Morgan fingerprint density at radius 2 is 1.72 bits per heavy atom. The first-order chi connectivity index (χ1) is 8.68. The second-order valence-corrected chi connectivity index (χ2v) is 4.42. The number of aryl methyl sites for hydroxylation is 1. The third-order valence-corrected chi connectivity index (χ3v) is 3.15. The number of carbonyl (C=O) groups is 1. The fraction of sp³-hybridized carbons (Fsp3) is 0.188. The van der Waals surface area contributed by atoms with Crippen LogP contribution in [-0.2, 0) is 6.54 Å². The summed E-state index contributed by atoms with van der Waals surface area (Å²) in [6.07, 6.45) is 0. The molecule has 0 heterocycles. The molecule has 0 bridgehead atoms. The first kappa shape index (κ1) is 12.4. The molecule has 92 valence electrons. The number of amides is 1. The summed E-state index contributed by atoms with van der Waals surface area (Å²) in [6.45, 7) is 4.56. The quantitative estimate of drug-likeness (QED) is 0.875. The molecule has 0 aliphatic carbocycles. The molecule has 0 aliphatic heterocycles. The van der Waals surface area contributed by atoms with Gasteiger partial charge in [-0.25, -0.2) is 0 Å². The van der Waals surface area contributed by atoms with Crippen molar-refractivity contribution in [2.45, 2.75) is 20.4 Å². The van der Waals surface area contributed by atoms with Gasteiger partial charge >= 0.3 is 0 Å². The summed E-state index contributed by atoms with van der Waals surface area (Å²) in [5.74, 6) is -0.0138. The zero-order chi connectivity index (χ0) is 13.0. The lowest BCUT2D eigenvalue weighted by Crippen LogP contribution is -2.23. The molecule has 2 rings (SSSR count). The minimum Gasteiger partial charge on any atom is -0.348 e. The van der Waals surface area contributed by atoms with Gasteiger partial charge in [-0.15, -0.1) is 0 Å². The van der Waals surface area contributed by atoms with E-state index in [-0.39, 0.29) is 5.91 Å². The second kappa shape index (κ2) is 5.50. The van der Waals surface area contributed by atoms with Crippen LogP contribution in [0.25, 0.3) is 0 Å². The molecule has 0 saturated heterocycles. The van der Waals surface area contributed by atoms with Crippen LogP contribution < -0.4 is 5.32 Å². The maximum atomic E-state index is 12.1. The summed E-state index contributed by atoms with van der Waals surface area (Å²) in [7, 11) is 0. The summed E-state index contributed by atoms with van der Waals surface area (Å²) in [6, 6.07) is 15.7. The van der Waals surface area contributed by atoms with Gasteiger partial charge < -0.3 is 5.32 Å². The van der Waals surface area contributed by atoms with Crippen LogP contribution in [0.5, 0.6) is 0 Å². The highest BCUT2D eigenvalue weighted by Gasteiger charge is 2.09. The van der Waals surface area contributed by atoms with Crippen LogP contribution in [-0.4, -0.2) is 5.91 Å². The molecule has 0 atom stereocenters. The van der Waals surface area contributed by atoms with Crippen LogP contribution in [0.15, 0.2) is 48.5 Å². The van der Waals surface area contributed by atoms with E-state index in [0.717, 1.165) is 22.3 Å². The van der Waals surface area contributed by atoms with Gasteiger partial charge in [0, 0.05) is 12.1 Å². The number of rotatable bonds is 3. The molecule has 0 radical (unpaired) electrons. The summed E-state index contributed by atoms with van der Waals surface area (Å²) in [5, 5.41) is 2.94. The van der Waals surface area contributed by atoms with Crippen LogP contribution in [0.3, 0.4) is 0 Å². The van der Waals surface area contributed by atoms with Crippen molar-refractivity contribution in [3.8, 4) is 0 Å². The third-order valence-electron chi connectivity index (χ3n) is 3.15. The Morgan fingerprint density at radius 1 is 1.00 bits per heavy atom. The van der Waals surface area contributed by atoms with Crippen molar-refractivity contribution < 1.29 is 4.79 Å². The standard InChI is InChI=1S/C16H17NO/c1-12-7-6-10-15(13(12)2)16(18)17-11-14-8-4-3-5-9-14/h3-10H,11H2,1-2H3,(H,17,18). The van der Waals surface area contributed by atoms with Crippen molar-refractivity contribution in [2.24, 2.45) is 0 Å². The molecule has 2 aromatic rings. The molecule has 0 unspecified atom stereocenters. The maximum absolute atomic E-state index is 12.1. The average Bonchev–Trinajstić information content (AvgIpc) is 2.40. The van der Waals surface area contributed by atoms with E-state index < -0.39 is 0 Å². The third kappa shape index (κ3) is 2.77. The van der Waals surface area contributed by atoms with Crippen LogP contribution in [0.2, 0.25) is 0 Å². The van der Waals surface area contributed by atoms with Gasteiger partial charge in [-0.1, -0.05) is 42.5 Å². The van der Waals surface area contributed by atoms with E-state index >= 15 is 0 Å². The number of benzene rings is 2. The Kier molecular flexibility index (Phi) is 3.78. The molecule has 0 fully saturated rings. The van der Waals surface area contributed by atoms with Crippen molar-refractivity contribution in [3.05, 3.63) is 70.8 Å². The largest absolute Gasteiger partial charge is 0.348 e. The molecule has 1 amide bonds. The SMILES string of the molecule is Cc1cccc(C(=O)NCc2ccccc2)c1C. The highest BCUT2D eigenvalue weighted by molar-refractivity contribution is 5.95. The summed E-state index contributed by atoms with van der Waals surface area (Å²) in [4.78, 5) is 12.1. The van der Waals surface area contributed by atoms with Gasteiger partial charge in [-0.2, -0.15) is 0 Å². The molecule has 2 heteroatoms. The van der Waals surface area contributed by atoms with E-state index in [1.165, 1.54) is 0 Å². The summed E-state index contributed by atoms with van der Waals surface area (Å²) in [5.41, 5.74) is 4.05. The zero-order valence-electron chi connectivity index (χ0n) is 10.7. The summed E-state index contributed by atoms with van der Waals surface area (Å²) < 4.78 is 0. The van der Waals surface area contributed by atoms with Crippen molar-refractivity contribution in [1.82, 2.24) is 5.32 Å². The molecule has 0 aromatic heterocycles. The normalized spacial score (nSPS) is 10.1. The average molecular weight is 239 g/mol. The number of hydrogen-bond donors (Lipinski definition) is 1. The smallest absolute Gasteiger partial charge is 0.251 e. The van der Waals surface area contributed by atoms with E-state index in [9.17, 15) is 4.79 Å². The Bertz CT molecular complexity index is 546. The van der Waals surface area contributed by atoms with Gasteiger partial charge in [-0.05, 0) is 36.6 Å². The monoisotopic (exact) mass is 239 g/mol. The molecular weight excluding hydrogens is 222 g/mol. The van der Waals surface area contributed by atoms with E-state index in [2.05, 4.69) is 5.32 Å². The fourth-order valence-corrected chi connectivity index (χ4v) is 1.87. The van der Waals surface area contributed by atoms with Crippen LogP contribution >= 0.6 is 0 Å². The molecular formula is C16H17NO. The number of hydrogen-bond acceptors (Lipinski definition) is 1. The van der Waals surface area contributed by atoms with Crippen LogP contribution in [0.4, 0.5) is 0 Å². The molecule has 2 nitrogen and oxygen atoms in total. The highest BCUT2D eigenvalue weighted by atomic mass is 16.1. The van der Waals surface area contributed by atoms with E-state index in [0.29, 0.717) is 6.54 Å². The highest BCUT2D eigenvalue weighted by Crippen LogP contribution is 2.12. The second-order valence-electron chi connectivity index (χ2n) is 4.42. The van der Waals surface area contributed by atoms with E-state index in [4.69, 9.17) is 0 Å². The molecule has 0 saturated carbocycles. The lowest BCUT2D eigenvalue weighted by Gasteiger charge is -2.09. The maximum Gasteiger partial charge on any atom is 0.251 e. The predicted molar refractivity (Wildman–Crippen MR) is 73.5 cm³/mol. The topological polar surface area (TPSA) is 29.1 Å². The lowest BCUT2D eigenvalue weighted by atomic mass is 10.0. The van der Waals surface area contributed by atoms with E-state index in [1.54, 1.807) is 0 Å². The van der Waals surface area contributed by atoms with Crippen LogP contribution in [0, 0.1) is 13.8 Å².